The summed E-state index contributed by atoms with van der Waals surface area (Å²) in [7, 11) is -2.33. The van der Waals surface area contributed by atoms with Crippen LogP contribution in [-0.2, 0) is 0 Å². The zero-order valence-electron chi connectivity index (χ0n) is 13.8. The molecule has 0 radical (unpaired) electrons. The first kappa shape index (κ1) is 19.2. The Morgan fingerprint density at radius 3 is 0.938 bits per heavy atom. The molecule has 16 heavy (non-hydrogen) atoms. The molecule has 0 saturated carbocycles. The minimum absolute atomic E-state index is 0. The highest BCUT2D eigenvalue weighted by Gasteiger charge is 2.31. The Morgan fingerprint density at radius 1 is 0.688 bits per heavy atom. The van der Waals surface area contributed by atoms with Crippen molar-refractivity contribution in [2.45, 2.75) is 77.7 Å². The highest BCUT2D eigenvalue weighted by atomic mass is 29.3. The van der Waals surface area contributed by atoms with Crippen LogP contribution in [0, 0.1) is 0 Å². The molecule has 0 aliphatic rings. The van der Waals surface area contributed by atoms with Crippen LogP contribution < -0.4 is 0 Å². The van der Waals surface area contributed by atoms with E-state index in [9.17, 15) is 0 Å². The predicted molar refractivity (Wildman–Crippen MR) is 95.8 cm³/mol. The van der Waals surface area contributed by atoms with Crippen molar-refractivity contribution in [2.24, 2.45) is 0 Å². The van der Waals surface area contributed by atoms with Crippen LogP contribution in [0.1, 0.15) is 1.43 Å². The van der Waals surface area contributed by atoms with Crippen molar-refractivity contribution >= 4 is 32.1 Å². The average Bonchev–Trinajstić information content (AvgIpc) is 1.74. The second-order valence-corrected chi connectivity index (χ2v) is 36.2. The smallest absolute Gasteiger partial charge is 0.0413 e. The molecule has 0 spiro atoms. The lowest BCUT2D eigenvalue weighted by molar-refractivity contribution is 1.59. The van der Waals surface area contributed by atoms with Gasteiger partial charge in [0.25, 0.3) is 0 Å². The summed E-state index contributed by atoms with van der Waals surface area (Å²) in [5, 5.41) is 0. The molecule has 0 N–H and O–H groups in total. The first-order chi connectivity index (χ1) is 6.67. The summed E-state index contributed by atoms with van der Waals surface area (Å²) in [6, 6.07) is 0. The molecule has 0 aromatic carbocycles. The summed E-state index contributed by atoms with van der Waals surface area (Å²) in [5.74, 6) is 0. The molecule has 0 amide bonds. The third kappa shape index (κ3) is 12.9. The molecule has 4 heteroatoms. The summed E-state index contributed by atoms with van der Waals surface area (Å²) in [5.41, 5.74) is 1.60. The second-order valence-electron chi connectivity index (χ2n) is 8.66. The lowest BCUT2D eigenvalue weighted by Gasteiger charge is -2.30. The van der Waals surface area contributed by atoms with Crippen LogP contribution in [-0.4, -0.2) is 32.1 Å². The molecule has 0 aromatic rings. The van der Waals surface area contributed by atoms with Crippen molar-refractivity contribution in [3.8, 4) is 0 Å². The molecule has 0 aromatic heterocycles. The SMILES string of the molecule is C[SiH](C)C[Si](C)(C)C.C[Si](C)(C)[Si](C)(C)C.[2HH]. The summed E-state index contributed by atoms with van der Waals surface area (Å²) in [4.78, 5) is 0. The monoisotopic (exact) mass is 295 g/mol. The molecule has 0 nitrogen and oxygen atoms in total. The van der Waals surface area contributed by atoms with Crippen LogP contribution >= 0.6 is 0 Å². The Morgan fingerprint density at radius 2 is 0.938 bits per heavy atom. The minimum Gasteiger partial charge on any atom is -0.0724 e. The minimum atomic E-state index is -0.720. The molecule has 0 aliphatic carbocycles. The van der Waals surface area contributed by atoms with Gasteiger partial charge in [0.05, 0.1) is 0 Å². The summed E-state index contributed by atoms with van der Waals surface area (Å²) in [6.07, 6.45) is 0. The molecule has 102 valence electrons. The van der Waals surface area contributed by atoms with E-state index in [4.69, 9.17) is 0 Å². The number of hydrogen-bond donors (Lipinski definition) is 0. The van der Waals surface area contributed by atoms with Gasteiger partial charge in [0.2, 0.25) is 0 Å². The van der Waals surface area contributed by atoms with Gasteiger partial charge in [-0.2, -0.15) is 0 Å². The highest BCUT2D eigenvalue weighted by Crippen LogP contribution is 2.17. The average molecular weight is 296 g/mol. The van der Waals surface area contributed by atoms with E-state index >= 15 is 0 Å². The van der Waals surface area contributed by atoms with Crippen LogP contribution in [0.4, 0.5) is 0 Å². The van der Waals surface area contributed by atoms with Gasteiger partial charge in [-0.15, -0.1) is 0 Å². The maximum atomic E-state index is 2.47. The van der Waals surface area contributed by atoms with E-state index in [0.29, 0.717) is 0 Å². The fourth-order valence-corrected chi connectivity index (χ4v) is 11.0. The van der Waals surface area contributed by atoms with Gasteiger partial charge in [0, 0.05) is 33.5 Å². The Hall–Kier alpha value is 0.868. The quantitative estimate of drug-likeness (QED) is 0.617. The van der Waals surface area contributed by atoms with Crippen molar-refractivity contribution in [3.05, 3.63) is 0 Å². The standard InChI is InChI=1S/2C6H18Si2.H2/c1-7(2)6-8(3,4)5;1-7(2,3)8(4,5)6;/h7H,6H2,1-5H3;1-6H3;1H/i;;1+1. The molecule has 0 saturated heterocycles. The molecular formula is C12H38Si4. The Bertz CT molecular complexity index is 172. The molecule has 0 heterocycles. The lowest BCUT2D eigenvalue weighted by Crippen LogP contribution is -2.49. The van der Waals surface area contributed by atoms with Crippen LogP contribution in [0.5, 0.6) is 0 Å². The van der Waals surface area contributed by atoms with Crippen LogP contribution in [0.2, 0.25) is 77.7 Å². The Labute approximate surface area is 111 Å². The van der Waals surface area contributed by atoms with E-state index in [2.05, 4.69) is 72.0 Å². The summed E-state index contributed by atoms with van der Waals surface area (Å²) < 4.78 is 0. The number of rotatable bonds is 3. The van der Waals surface area contributed by atoms with E-state index < -0.39 is 23.3 Å². The van der Waals surface area contributed by atoms with Crippen LogP contribution in [0.15, 0.2) is 0 Å². The second kappa shape index (κ2) is 6.71. The van der Waals surface area contributed by atoms with Crippen LogP contribution in [0.3, 0.4) is 0 Å². The molecule has 0 atom stereocenters. The fraction of sp³-hybridized carbons (Fsp3) is 1.00. The summed E-state index contributed by atoms with van der Waals surface area (Å²) >= 11 is 0. The number of hydrogen-bond acceptors (Lipinski definition) is 0. The van der Waals surface area contributed by atoms with Crippen LogP contribution in [0.25, 0.3) is 0 Å². The summed E-state index contributed by atoms with van der Waals surface area (Å²) in [6.45, 7) is 27.1. The molecule has 0 fully saturated rings. The van der Waals surface area contributed by atoms with E-state index in [1.807, 2.05) is 0 Å². The van der Waals surface area contributed by atoms with Crippen molar-refractivity contribution in [3.63, 3.8) is 0 Å². The first-order valence-corrected chi connectivity index (χ1v) is 21.5. The molecule has 0 aliphatic heterocycles. The fourth-order valence-electron chi connectivity index (χ4n) is 1.22. The van der Waals surface area contributed by atoms with E-state index in [0.717, 1.165) is 0 Å². The first-order valence-electron chi connectivity index (χ1n) is 6.67. The molecule has 0 rings (SSSR count). The molecule has 0 bridgehead atoms. The topological polar surface area (TPSA) is 0 Å². The van der Waals surface area contributed by atoms with Gasteiger partial charge in [-0.1, -0.05) is 77.7 Å². The molecule has 0 unspecified atom stereocenters. The third-order valence-corrected chi connectivity index (χ3v) is 29.4. The zero-order chi connectivity index (χ0) is 13.8. The predicted octanol–water partition coefficient (Wildman–Crippen LogP) is 5.34. The van der Waals surface area contributed by atoms with Gasteiger partial charge in [-0.3, -0.25) is 0 Å². The molecular weight excluding hydrogens is 256 g/mol. The third-order valence-electron chi connectivity index (χ3n) is 3.27. The van der Waals surface area contributed by atoms with Crippen molar-refractivity contribution in [1.29, 1.82) is 0 Å². The highest BCUT2D eigenvalue weighted by molar-refractivity contribution is 7.39. The maximum absolute atomic E-state index is 2.47. The van der Waals surface area contributed by atoms with Gasteiger partial charge in [0.1, 0.15) is 0 Å². The Balaban J connectivity index is -0.000000218. The van der Waals surface area contributed by atoms with Crippen molar-refractivity contribution < 1.29 is 1.43 Å². The van der Waals surface area contributed by atoms with Gasteiger partial charge in [-0.25, -0.2) is 0 Å². The lowest BCUT2D eigenvalue weighted by atomic mass is 11.7. The Kier molecular flexibility index (Phi) is 8.05. The largest absolute Gasteiger partial charge is 0.0724 e. The van der Waals surface area contributed by atoms with Gasteiger partial charge >= 0.3 is 0 Å². The van der Waals surface area contributed by atoms with Gasteiger partial charge in [0.15, 0.2) is 0 Å². The van der Waals surface area contributed by atoms with E-state index in [1.165, 1.54) is 0 Å². The maximum Gasteiger partial charge on any atom is 0.0413 e. The van der Waals surface area contributed by atoms with Crippen molar-refractivity contribution in [1.82, 2.24) is 0 Å². The van der Waals surface area contributed by atoms with Gasteiger partial charge in [-0.05, 0) is 0 Å². The normalized spacial score (nSPS) is 13.5. The van der Waals surface area contributed by atoms with Gasteiger partial charge < -0.3 is 0 Å². The van der Waals surface area contributed by atoms with Crippen molar-refractivity contribution in [2.75, 3.05) is 0 Å². The van der Waals surface area contributed by atoms with E-state index in [-0.39, 0.29) is 10.2 Å². The zero-order valence-corrected chi connectivity index (χ0v) is 17.9. The van der Waals surface area contributed by atoms with E-state index in [1.54, 1.807) is 5.67 Å².